The zero-order valence-electron chi connectivity index (χ0n) is 15.0. The second-order valence-electron chi connectivity index (χ2n) is 6.07. The molecular weight excluding hydrogens is 360 g/mol. The van der Waals surface area contributed by atoms with E-state index < -0.39 is 0 Å². The van der Waals surface area contributed by atoms with Gasteiger partial charge in [-0.25, -0.2) is 0 Å². The lowest BCUT2D eigenvalue weighted by atomic mass is 10.1. The fourth-order valence-electron chi connectivity index (χ4n) is 2.64. The smallest absolute Gasteiger partial charge is 0.255 e. The number of aromatic nitrogens is 1. The van der Waals surface area contributed by atoms with Gasteiger partial charge in [-0.3, -0.25) is 9.78 Å². The molecule has 1 aromatic heterocycles. The summed E-state index contributed by atoms with van der Waals surface area (Å²) in [6.45, 7) is 3.66. The van der Waals surface area contributed by atoms with Crippen LogP contribution in [0.2, 0.25) is 5.02 Å². The van der Waals surface area contributed by atoms with Gasteiger partial charge in [-0.05, 0) is 42.4 Å². The number of anilines is 2. The number of hydrogen-bond donors (Lipinski definition) is 3. The van der Waals surface area contributed by atoms with Crippen LogP contribution >= 0.6 is 11.6 Å². The SMILES string of the molecule is CCNCc1cnc(-c2ccc(C(=O)Nc3ccccc3N)cc2)c(Cl)c1. The van der Waals surface area contributed by atoms with E-state index in [4.69, 9.17) is 17.3 Å². The van der Waals surface area contributed by atoms with Gasteiger partial charge >= 0.3 is 0 Å². The van der Waals surface area contributed by atoms with Crippen LogP contribution in [-0.2, 0) is 6.54 Å². The molecule has 6 heteroatoms. The number of benzene rings is 2. The predicted octanol–water partition coefficient (Wildman–Crippen LogP) is 4.35. The highest BCUT2D eigenvalue weighted by atomic mass is 35.5. The number of nitrogen functional groups attached to an aromatic ring is 1. The van der Waals surface area contributed by atoms with Crippen molar-refractivity contribution in [3.05, 3.63) is 76.9 Å². The third-order valence-electron chi connectivity index (χ3n) is 4.11. The Balaban J connectivity index is 1.75. The van der Waals surface area contributed by atoms with Gasteiger partial charge in [0.1, 0.15) is 0 Å². The lowest BCUT2D eigenvalue weighted by Crippen LogP contribution is -2.13. The third kappa shape index (κ3) is 4.64. The number of hydrogen-bond acceptors (Lipinski definition) is 4. The van der Waals surface area contributed by atoms with E-state index in [9.17, 15) is 4.79 Å². The molecule has 5 nitrogen and oxygen atoms in total. The number of pyridine rings is 1. The number of para-hydroxylation sites is 2. The highest BCUT2D eigenvalue weighted by molar-refractivity contribution is 6.33. The lowest BCUT2D eigenvalue weighted by Gasteiger charge is -2.09. The van der Waals surface area contributed by atoms with Crippen molar-refractivity contribution in [2.75, 3.05) is 17.6 Å². The van der Waals surface area contributed by atoms with E-state index >= 15 is 0 Å². The van der Waals surface area contributed by atoms with Gasteiger partial charge in [0.05, 0.1) is 22.1 Å². The van der Waals surface area contributed by atoms with E-state index in [0.29, 0.717) is 27.7 Å². The Labute approximate surface area is 163 Å². The molecule has 4 N–H and O–H groups in total. The highest BCUT2D eigenvalue weighted by Gasteiger charge is 2.10. The Morgan fingerprint density at radius 3 is 2.56 bits per heavy atom. The molecule has 2 aromatic carbocycles. The van der Waals surface area contributed by atoms with Gasteiger partial charge in [0.25, 0.3) is 5.91 Å². The molecule has 3 aromatic rings. The fraction of sp³-hybridized carbons (Fsp3) is 0.143. The van der Waals surface area contributed by atoms with Gasteiger partial charge < -0.3 is 16.4 Å². The predicted molar refractivity (Wildman–Crippen MR) is 111 cm³/mol. The first-order valence-electron chi connectivity index (χ1n) is 8.70. The minimum absolute atomic E-state index is 0.223. The first-order valence-corrected chi connectivity index (χ1v) is 9.07. The average Bonchev–Trinajstić information content (AvgIpc) is 2.68. The summed E-state index contributed by atoms with van der Waals surface area (Å²) in [6, 6.07) is 16.2. The van der Waals surface area contributed by atoms with Gasteiger partial charge in [0, 0.05) is 23.9 Å². The normalized spacial score (nSPS) is 10.6. The van der Waals surface area contributed by atoms with Crippen molar-refractivity contribution in [2.24, 2.45) is 0 Å². The zero-order valence-corrected chi connectivity index (χ0v) is 15.8. The Morgan fingerprint density at radius 2 is 1.89 bits per heavy atom. The van der Waals surface area contributed by atoms with Gasteiger partial charge in [-0.1, -0.05) is 42.8 Å². The molecule has 0 spiro atoms. The van der Waals surface area contributed by atoms with Crippen molar-refractivity contribution in [3.63, 3.8) is 0 Å². The topological polar surface area (TPSA) is 80.0 Å². The van der Waals surface area contributed by atoms with E-state index in [2.05, 4.69) is 15.6 Å². The number of halogens is 1. The molecule has 1 heterocycles. The summed E-state index contributed by atoms with van der Waals surface area (Å²) in [5.41, 5.74) is 10.1. The van der Waals surface area contributed by atoms with E-state index in [1.165, 1.54) is 0 Å². The minimum Gasteiger partial charge on any atom is -0.397 e. The third-order valence-corrected chi connectivity index (χ3v) is 4.39. The van der Waals surface area contributed by atoms with Crippen LogP contribution in [0.3, 0.4) is 0 Å². The van der Waals surface area contributed by atoms with Gasteiger partial charge in [-0.2, -0.15) is 0 Å². The molecular formula is C21H21ClN4O. The Kier molecular flexibility index (Phi) is 6.06. The first-order chi connectivity index (χ1) is 13.1. The van der Waals surface area contributed by atoms with Crippen LogP contribution in [0.5, 0.6) is 0 Å². The summed E-state index contributed by atoms with van der Waals surface area (Å²) < 4.78 is 0. The van der Waals surface area contributed by atoms with Crippen LogP contribution < -0.4 is 16.4 Å². The van der Waals surface area contributed by atoms with Crippen molar-refractivity contribution in [1.29, 1.82) is 0 Å². The lowest BCUT2D eigenvalue weighted by molar-refractivity contribution is 0.102. The Hall–Kier alpha value is -2.89. The second kappa shape index (κ2) is 8.66. The molecule has 3 rings (SSSR count). The summed E-state index contributed by atoms with van der Waals surface area (Å²) in [7, 11) is 0. The van der Waals surface area contributed by atoms with Crippen LogP contribution in [0.15, 0.2) is 60.8 Å². The number of rotatable bonds is 6. The van der Waals surface area contributed by atoms with Crippen LogP contribution in [0, 0.1) is 0 Å². The quantitative estimate of drug-likeness (QED) is 0.555. The second-order valence-corrected chi connectivity index (χ2v) is 6.48. The number of amides is 1. The monoisotopic (exact) mass is 380 g/mol. The molecule has 0 radical (unpaired) electrons. The molecule has 0 saturated heterocycles. The largest absolute Gasteiger partial charge is 0.397 e. The summed E-state index contributed by atoms with van der Waals surface area (Å²) in [4.78, 5) is 16.9. The average molecular weight is 381 g/mol. The molecule has 0 bridgehead atoms. The maximum atomic E-state index is 12.4. The number of carbonyl (C=O) groups is 1. The number of carbonyl (C=O) groups excluding carboxylic acids is 1. The summed E-state index contributed by atoms with van der Waals surface area (Å²) in [5, 5.41) is 6.64. The molecule has 0 aliphatic heterocycles. The maximum Gasteiger partial charge on any atom is 0.255 e. The van der Waals surface area contributed by atoms with Gasteiger partial charge in [0.2, 0.25) is 0 Å². The fourth-order valence-corrected chi connectivity index (χ4v) is 2.94. The number of nitrogens with zero attached hydrogens (tertiary/aromatic N) is 1. The van der Waals surface area contributed by atoms with Crippen molar-refractivity contribution < 1.29 is 4.79 Å². The molecule has 138 valence electrons. The Morgan fingerprint density at radius 1 is 1.15 bits per heavy atom. The standard InChI is InChI=1S/C21H21ClN4O/c1-2-24-12-14-11-17(22)20(25-13-14)15-7-9-16(10-8-15)21(27)26-19-6-4-3-5-18(19)23/h3-11,13,24H,2,12,23H2,1H3,(H,26,27). The molecule has 0 aliphatic carbocycles. The summed E-state index contributed by atoms with van der Waals surface area (Å²) in [6.07, 6.45) is 1.81. The molecule has 1 amide bonds. The van der Waals surface area contributed by atoms with Crippen molar-refractivity contribution in [3.8, 4) is 11.3 Å². The first kappa shape index (κ1) is 18.9. The maximum absolute atomic E-state index is 12.4. The summed E-state index contributed by atoms with van der Waals surface area (Å²) >= 11 is 6.39. The molecule has 0 atom stereocenters. The molecule has 0 unspecified atom stereocenters. The van der Waals surface area contributed by atoms with E-state index in [0.717, 1.165) is 24.2 Å². The number of nitrogens with one attached hydrogen (secondary N) is 2. The van der Waals surface area contributed by atoms with Gasteiger partial charge in [-0.15, -0.1) is 0 Å². The van der Waals surface area contributed by atoms with Crippen LogP contribution in [0.4, 0.5) is 11.4 Å². The molecule has 0 aliphatic rings. The number of nitrogens with two attached hydrogens (primary N) is 1. The van der Waals surface area contributed by atoms with E-state index in [1.807, 2.05) is 43.5 Å². The van der Waals surface area contributed by atoms with Crippen LogP contribution in [0.1, 0.15) is 22.8 Å². The van der Waals surface area contributed by atoms with Crippen LogP contribution in [-0.4, -0.2) is 17.4 Å². The van der Waals surface area contributed by atoms with Crippen molar-refractivity contribution in [2.45, 2.75) is 13.5 Å². The summed E-state index contributed by atoms with van der Waals surface area (Å²) in [5.74, 6) is -0.223. The molecule has 0 saturated carbocycles. The molecule has 27 heavy (non-hydrogen) atoms. The molecule has 0 fully saturated rings. The van der Waals surface area contributed by atoms with Crippen molar-refractivity contribution >= 4 is 28.9 Å². The van der Waals surface area contributed by atoms with Gasteiger partial charge in [0.15, 0.2) is 0 Å². The van der Waals surface area contributed by atoms with E-state index in [-0.39, 0.29) is 5.91 Å². The van der Waals surface area contributed by atoms with E-state index in [1.54, 1.807) is 24.3 Å². The Bertz CT molecular complexity index is 941. The van der Waals surface area contributed by atoms with Crippen molar-refractivity contribution in [1.82, 2.24) is 10.3 Å². The highest BCUT2D eigenvalue weighted by Crippen LogP contribution is 2.27. The van der Waals surface area contributed by atoms with Crippen LogP contribution in [0.25, 0.3) is 11.3 Å². The minimum atomic E-state index is -0.223. The zero-order chi connectivity index (χ0) is 19.2.